The average molecular weight is 363 g/mol. The molecular weight excluding hydrogens is 336 g/mol. The van der Waals surface area contributed by atoms with Crippen LogP contribution in [-0.2, 0) is 6.42 Å². The van der Waals surface area contributed by atoms with Crippen molar-refractivity contribution in [3.05, 3.63) is 27.5 Å². The molecule has 0 spiro atoms. The van der Waals surface area contributed by atoms with Crippen LogP contribution in [0.5, 0.6) is 0 Å². The largest absolute Gasteiger partial charge is 0.333 e. The molecule has 1 atom stereocenters. The second kappa shape index (κ2) is 7.61. The molecule has 136 valence electrons. The van der Waals surface area contributed by atoms with Crippen LogP contribution in [0.1, 0.15) is 64.8 Å². The lowest BCUT2D eigenvalue weighted by molar-refractivity contribution is 0.0738. The van der Waals surface area contributed by atoms with Crippen molar-refractivity contribution >= 4 is 17.2 Å². The van der Waals surface area contributed by atoms with E-state index >= 15 is 0 Å². The second-order valence-corrected chi connectivity index (χ2v) is 7.68. The molecule has 3 heterocycles. The quantitative estimate of drug-likeness (QED) is 0.884. The third-order valence-corrected chi connectivity index (χ3v) is 6.34. The SMILES string of the molecule is CCc1nc(C)c(C(C)N(C)C(=O)c2cn(C3CCNCC3)nn2)s1. The lowest BCUT2D eigenvalue weighted by Crippen LogP contribution is -2.30. The molecule has 0 radical (unpaired) electrons. The smallest absolute Gasteiger partial charge is 0.276 e. The molecule has 1 unspecified atom stereocenters. The number of nitrogens with zero attached hydrogens (tertiary/aromatic N) is 5. The molecule has 2 aromatic rings. The number of nitrogens with one attached hydrogen (secondary N) is 1. The van der Waals surface area contributed by atoms with E-state index in [2.05, 4.69) is 27.5 Å². The van der Waals surface area contributed by atoms with Crippen molar-refractivity contribution in [3.63, 3.8) is 0 Å². The first-order chi connectivity index (χ1) is 12.0. The summed E-state index contributed by atoms with van der Waals surface area (Å²) in [5.41, 5.74) is 1.41. The first-order valence-corrected chi connectivity index (χ1v) is 9.68. The van der Waals surface area contributed by atoms with Gasteiger partial charge in [-0.15, -0.1) is 16.4 Å². The fourth-order valence-corrected chi connectivity index (χ4v) is 4.26. The Morgan fingerprint density at radius 1 is 1.48 bits per heavy atom. The summed E-state index contributed by atoms with van der Waals surface area (Å²) in [6.07, 6.45) is 4.74. The van der Waals surface area contributed by atoms with Gasteiger partial charge in [-0.1, -0.05) is 12.1 Å². The van der Waals surface area contributed by atoms with Crippen LogP contribution in [0, 0.1) is 6.92 Å². The molecule has 1 amide bonds. The molecule has 0 bridgehead atoms. The minimum Gasteiger partial charge on any atom is -0.333 e. The van der Waals surface area contributed by atoms with Crippen molar-refractivity contribution in [2.45, 2.75) is 52.1 Å². The van der Waals surface area contributed by atoms with Gasteiger partial charge < -0.3 is 10.2 Å². The predicted octanol–water partition coefficient (Wildman–Crippen LogP) is 2.36. The van der Waals surface area contributed by atoms with E-state index in [1.165, 1.54) is 0 Å². The van der Waals surface area contributed by atoms with Gasteiger partial charge in [0.25, 0.3) is 5.91 Å². The summed E-state index contributed by atoms with van der Waals surface area (Å²) in [5, 5.41) is 12.8. The van der Waals surface area contributed by atoms with Crippen molar-refractivity contribution in [3.8, 4) is 0 Å². The molecular formula is C17H26N6OS. The molecule has 7 nitrogen and oxygen atoms in total. The highest BCUT2D eigenvalue weighted by Gasteiger charge is 2.25. The number of carbonyl (C=O) groups is 1. The van der Waals surface area contributed by atoms with Crippen LogP contribution in [0.2, 0.25) is 0 Å². The Labute approximate surface area is 152 Å². The van der Waals surface area contributed by atoms with Crippen LogP contribution in [-0.4, -0.2) is 50.9 Å². The van der Waals surface area contributed by atoms with Gasteiger partial charge in [-0.3, -0.25) is 4.79 Å². The number of carbonyl (C=O) groups excluding carboxylic acids is 1. The van der Waals surface area contributed by atoms with E-state index < -0.39 is 0 Å². The minimum atomic E-state index is -0.0986. The van der Waals surface area contributed by atoms with Crippen LogP contribution in [0.25, 0.3) is 0 Å². The lowest BCUT2D eigenvalue weighted by Gasteiger charge is -2.23. The second-order valence-electron chi connectivity index (χ2n) is 6.57. The summed E-state index contributed by atoms with van der Waals surface area (Å²) in [6.45, 7) is 8.10. The first-order valence-electron chi connectivity index (χ1n) is 8.87. The van der Waals surface area contributed by atoms with Gasteiger partial charge in [0.15, 0.2) is 5.69 Å². The number of thiazole rings is 1. The van der Waals surface area contributed by atoms with Crippen LogP contribution in [0.15, 0.2) is 6.20 Å². The van der Waals surface area contributed by atoms with Crippen LogP contribution in [0.3, 0.4) is 0 Å². The zero-order valence-electron chi connectivity index (χ0n) is 15.3. The van der Waals surface area contributed by atoms with Gasteiger partial charge in [0.2, 0.25) is 0 Å². The number of aryl methyl sites for hydroxylation is 2. The van der Waals surface area contributed by atoms with Crippen molar-refractivity contribution in [1.82, 2.24) is 30.2 Å². The number of hydrogen-bond acceptors (Lipinski definition) is 6. The summed E-state index contributed by atoms with van der Waals surface area (Å²) in [7, 11) is 1.82. The van der Waals surface area contributed by atoms with E-state index in [1.807, 2.05) is 25.6 Å². The van der Waals surface area contributed by atoms with Crippen LogP contribution < -0.4 is 5.32 Å². The molecule has 8 heteroatoms. The predicted molar refractivity (Wildman–Crippen MR) is 97.9 cm³/mol. The number of hydrogen-bond donors (Lipinski definition) is 1. The summed E-state index contributed by atoms with van der Waals surface area (Å²) in [6, 6.07) is 0.295. The van der Waals surface area contributed by atoms with Gasteiger partial charge in [0.05, 0.1) is 29.0 Å². The third kappa shape index (κ3) is 3.74. The normalized spacial score (nSPS) is 16.8. The monoisotopic (exact) mass is 362 g/mol. The Hall–Kier alpha value is -1.80. The first kappa shape index (κ1) is 18.0. The number of piperidine rings is 1. The maximum Gasteiger partial charge on any atom is 0.276 e. The summed E-state index contributed by atoms with van der Waals surface area (Å²) >= 11 is 1.68. The van der Waals surface area contributed by atoms with E-state index in [0.29, 0.717) is 11.7 Å². The van der Waals surface area contributed by atoms with Crippen molar-refractivity contribution in [1.29, 1.82) is 0 Å². The van der Waals surface area contributed by atoms with Gasteiger partial charge in [-0.2, -0.15) is 0 Å². The zero-order valence-corrected chi connectivity index (χ0v) is 16.1. The highest BCUT2D eigenvalue weighted by Crippen LogP contribution is 2.29. The van der Waals surface area contributed by atoms with Crippen molar-refractivity contribution in [2.75, 3.05) is 20.1 Å². The Kier molecular flexibility index (Phi) is 5.48. The molecule has 0 aromatic carbocycles. The summed E-state index contributed by atoms with van der Waals surface area (Å²) in [4.78, 5) is 20.3. The molecule has 1 aliphatic rings. The van der Waals surface area contributed by atoms with Crippen LogP contribution in [0.4, 0.5) is 0 Å². The minimum absolute atomic E-state index is 0.0330. The molecule has 0 aliphatic carbocycles. The summed E-state index contributed by atoms with van der Waals surface area (Å²) in [5.74, 6) is -0.0986. The fourth-order valence-electron chi connectivity index (χ4n) is 3.16. The zero-order chi connectivity index (χ0) is 18.0. The number of amides is 1. The molecule has 1 N–H and O–H groups in total. The van der Waals surface area contributed by atoms with Gasteiger partial charge in [-0.05, 0) is 46.2 Å². The maximum absolute atomic E-state index is 12.8. The van der Waals surface area contributed by atoms with Crippen LogP contribution >= 0.6 is 11.3 Å². The van der Waals surface area contributed by atoms with Gasteiger partial charge in [-0.25, -0.2) is 9.67 Å². The van der Waals surface area contributed by atoms with Crippen molar-refractivity contribution < 1.29 is 4.79 Å². The van der Waals surface area contributed by atoms with E-state index in [9.17, 15) is 4.79 Å². The van der Waals surface area contributed by atoms with Gasteiger partial charge >= 0.3 is 0 Å². The van der Waals surface area contributed by atoms with E-state index in [4.69, 9.17) is 0 Å². The average Bonchev–Trinajstić information content (AvgIpc) is 3.27. The standard InChI is InChI=1S/C17H26N6OS/c1-5-15-19-11(2)16(25-15)12(3)22(4)17(24)14-10-23(21-20-14)13-6-8-18-9-7-13/h10,12-13,18H,5-9H2,1-4H3. The Balaban J connectivity index is 1.73. The van der Waals surface area contributed by atoms with E-state index in [-0.39, 0.29) is 11.9 Å². The molecule has 2 aromatic heterocycles. The number of aromatic nitrogens is 4. The van der Waals surface area contributed by atoms with E-state index in [0.717, 1.165) is 47.9 Å². The maximum atomic E-state index is 12.8. The molecule has 0 saturated carbocycles. The third-order valence-electron chi connectivity index (χ3n) is 4.87. The van der Waals surface area contributed by atoms with E-state index in [1.54, 1.807) is 22.4 Å². The Bertz CT molecular complexity index is 733. The highest BCUT2D eigenvalue weighted by molar-refractivity contribution is 7.11. The molecule has 3 rings (SSSR count). The highest BCUT2D eigenvalue weighted by atomic mass is 32.1. The van der Waals surface area contributed by atoms with Gasteiger partial charge in [0.1, 0.15) is 0 Å². The molecule has 1 saturated heterocycles. The lowest BCUT2D eigenvalue weighted by atomic mass is 10.1. The van der Waals surface area contributed by atoms with Crippen molar-refractivity contribution in [2.24, 2.45) is 0 Å². The molecule has 1 aliphatic heterocycles. The fraction of sp³-hybridized carbons (Fsp3) is 0.647. The van der Waals surface area contributed by atoms with Gasteiger partial charge in [0, 0.05) is 11.9 Å². The summed E-state index contributed by atoms with van der Waals surface area (Å²) < 4.78 is 1.85. The molecule has 25 heavy (non-hydrogen) atoms. The topological polar surface area (TPSA) is 75.9 Å². The number of rotatable bonds is 5. The Morgan fingerprint density at radius 2 is 2.20 bits per heavy atom. The Morgan fingerprint density at radius 3 is 2.84 bits per heavy atom. The molecule has 1 fully saturated rings.